The van der Waals surface area contributed by atoms with Gasteiger partial charge in [0.2, 0.25) is 0 Å². The van der Waals surface area contributed by atoms with Gasteiger partial charge in [0.25, 0.3) is 0 Å². The van der Waals surface area contributed by atoms with E-state index in [4.69, 9.17) is 9.39 Å². The Morgan fingerprint density at radius 1 is 1.28 bits per heavy atom. The van der Waals surface area contributed by atoms with Crippen molar-refractivity contribution in [3.05, 3.63) is 18.3 Å². The third-order valence-corrected chi connectivity index (χ3v) is 3.13. The molecule has 0 fully saturated rings. The van der Waals surface area contributed by atoms with Crippen molar-refractivity contribution in [3.63, 3.8) is 0 Å². The Morgan fingerprint density at radius 3 is 2.39 bits per heavy atom. The van der Waals surface area contributed by atoms with Gasteiger partial charge in [0.1, 0.15) is 11.3 Å². The zero-order chi connectivity index (χ0) is 14.0. The van der Waals surface area contributed by atoms with Crippen LogP contribution < -0.4 is 10.3 Å². The monoisotopic (exact) mass is 253 g/mol. The van der Waals surface area contributed by atoms with Crippen molar-refractivity contribution in [1.82, 2.24) is 4.98 Å². The summed E-state index contributed by atoms with van der Waals surface area (Å²) in [6, 6.07) is 3.39. The van der Waals surface area contributed by atoms with Crippen LogP contribution in [0.2, 0.25) is 0 Å². The second-order valence-corrected chi connectivity index (χ2v) is 5.13. The fourth-order valence-electron chi connectivity index (χ4n) is 1.24. The van der Waals surface area contributed by atoms with E-state index >= 15 is 0 Å². The number of aliphatic hydroxyl groups is 1. The van der Waals surface area contributed by atoms with Crippen LogP contribution in [0.3, 0.4) is 0 Å². The van der Waals surface area contributed by atoms with Gasteiger partial charge in [-0.3, -0.25) is 4.98 Å². The first-order valence-electron chi connectivity index (χ1n) is 5.76. The Labute approximate surface area is 108 Å². The van der Waals surface area contributed by atoms with Crippen molar-refractivity contribution in [2.75, 3.05) is 7.11 Å². The molecule has 1 heterocycles. The minimum Gasteiger partial charge on any atom is -0.496 e. The summed E-state index contributed by atoms with van der Waals surface area (Å²) in [7, 11) is 0.233. The smallest absolute Gasteiger partial charge is 0.496 e. The van der Waals surface area contributed by atoms with Gasteiger partial charge in [0.05, 0.1) is 18.3 Å². The lowest BCUT2D eigenvalue weighted by atomic mass is 9.79. The lowest BCUT2D eigenvalue weighted by Crippen LogP contribution is -2.53. The van der Waals surface area contributed by atoms with Crippen LogP contribution in [0.25, 0.3) is 0 Å². The molecule has 6 heteroatoms. The Hall–Kier alpha value is -1.11. The molecule has 100 valence electrons. The fourth-order valence-corrected chi connectivity index (χ4v) is 1.24. The first-order chi connectivity index (χ1) is 8.19. The Kier molecular flexibility index (Phi) is 4.37. The van der Waals surface area contributed by atoms with Crippen LogP contribution in [0.1, 0.15) is 27.7 Å². The summed E-state index contributed by atoms with van der Waals surface area (Å²) in [4.78, 5) is 4.03. The van der Waals surface area contributed by atoms with Crippen LogP contribution in [0, 0.1) is 0 Å². The number of aromatic nitrogens is 1. The van der Waals surface area contributed by atoms with Gasteiger partial charge in [0, 0.05) is 6.20 Å². The van der Waals surface area contributed by atoms with E-state index in [1.807, 2.05) is 0 Å². The summed E-state index contributed by atoms with van der Waals surface area (Å²) < 4.78 is 10.6. The van der Waals surface area contributed by atoms with Crippen LogP contribution in [-0.4, -0.2) is 40.5 Å². The van der Waals surface area contributed by atoms with Gasteiger partial charge in [-0.2, -0.15) is 0 Å². The third kappa shape index (κ3) is 3.22. The summed E-state index contributed by atoms with van der Waals surface area (Å²) in [5.41, 5.74) is -1.75. The minimum atomic E-state index is -1.26. The van der Waals surface area contributed by atoms with E-state index in [2.05, 4.69) is 4.98 Å². The highest BCUT2D eigenvalue weighted by atomic mass is 16.6. The van der Waals surface area contributed by atoms with Crippen LogP contribution in [0.4, 0.5) is 0 Å². The lowest BCUT2D eigenvalue weighted by Gasteiger charge is -2.38. The molecule has 5 nitrogen and oxygen atoms in total. The summed E-state index contributed by atoms with van der Waals surface area (Å²) in [5, 5.41) is 20.0. The second-order valence-electron chi connectivity index (χ2n) is 5.13. The average molecular weight is 253 g/mol. The number of pyridine rings is 1. The molecule has 0 saturated heterocycles. The molecule has 1 aromatic rings. The molecule has 0 radical (unpaired) electrons. The molecule has 0 spiro atoms. The molecule has 0 aliphatic rings. The van der Waals surface area contributed by atoms with Crippen molar-refractivity contribution < 1.29 is 19.5 Å². The van der Waals surface area contributed by atoms with Crippen molar-refractivity contribution >= 4 is 12.7 Å². The zero-order valence-electron chi connectivity index (χ0n) is 11.5. The molecule has 0 aromatic carbocycles. The Bertz CT molecular complexity index is 403. The number of rotatable bonds is 5. The molecule has 0 aliphatic carbocycles. The van der Waals surface area contributed by atoms with E-state index in [0.717, 1.165) is 0 Å². The molecule has 0 atom stereocenters. The molecule has 0 aliphatic heterocycles. The quantitative estimate of drug-likeness (QED) is 0.740. The minimum absolute atomic E-state index is 0.289. The maximum Gasteiger partial charge on any atom is 0.515 e. The van der Waals surface area contributed by atoms with Gasteiger partial charge < -0.3 is 19.5 Å². The number of methoxy groups -OCH3 is 1. The van der Waals surface area contributed by atoms with E-state index < -0.39 is 18.3 Å². The SMILES string of the molecule is COc1cccnc1B(O)OC(C)(C)C(C)(C)O. The van der Waals surface area contributed by atoms with Crippen LogP contribution >= 0.6 is 0 Å². The van der Waals surface area contributed by atoms with E-state index in [1.165, 1.54) is 7.11 Å². The molecular weight excluding hydrogens is 233 g/mol. The Morgan fingerprint density at radius 2 is 1.89 bits per heavy atom. The fraction of sp³-hybridized carbons (Fsp3) is 0.583. The molecule has 0 saturated carbocycles. The number of hydrogen-bond donors (Lipinski definition) is 2. The van der Waals surface area contributed by atoms with Crippen molar-refractivity contribution in [1.29, 1.82) is 0 Å². The first kappa shape index (κ1) is 15.0. The summed E-state index contributed by atoms with van der Waals surface area (Å²) in [6.45, 7) is 6.64. The van der Waals surface area contributed by atoms with Crippen LogP contribution in [-0.2, 0) is 4.65 Å². The molecule has 0 unspecified atom stereocenters. The van der Waals surface area contributed by atoms with Crippen molar-refractivity contribution in [2.24, 2.45) is 0 Å². The normalized spacial score (nSPS) is 12.4. The summed E-state index contributed by atoms with van der Waals surface area (Å²) in [6.07, 6.45) is 1.54. The lowest BCUT2D eigenvalue weighted by molar-refractivity contribution is -0.0983. The Balaban J connectivity index is 2.92. The van der Waals surface area contributed by atoms with E-state index in [-0.39, 0.29) is 5.59 Å². The number of ether oxygens (including phenoxy) is 1. The van der Waals surface area contributed by atoms with Crippen molar-refractivity contribution in [2.45, 2.75) is 38.9 Å². The van der Waals surface area contributed by atoms with Crippen LogP contribution in [0.5, 0.6) is 5.75 Å². The van der Waals surface area contributed by atoms with E-state index in [9.17, 15) is 10.1 Å². The second kappa shape index (κ2) is 5.26. The predicted octanol–water partition coefficient (Wildman–Crippen LogP) is 0.344. The first-order valence-corrected chi connectivity index (χ1v) is 5.76. The van der Waals surface area contributed by atoms with Gasteiger partial charge in [0.15, 0.2) is 0 Å². The highest BCUT2D eigenvalue weighted by Crippen LogP contribution is 2.25. The molecule has 18 heavy (non-hydrogen) atoms. The summed E-state index contributed by atoms with van der Waals surface area (Å²) >= 11 is 0. The largest absolute Gasteiger partial charge is 0.515 e. The molecule has 2 N–H and O–H groups in total. The maximum absolute atomic E-state index is 10.1. The van der Waals surface area contributed by atoms with Gasteiger partial charge in [-0.25, -0.2) is 0 Å². The van der Waals surface area contributed by atoms with Gasteiger partial charge in [-0.05, 0) is 39.8 Å². The molecule has 0 bridgehead atoms. The van der Waals surface area contributed by atoms with Gasteiger partial charge in [-0.1, -0.05) is 0 Å². The van der Waals surface area contributed by atoms with Crippen LogP contribution in [0.15, 0.2) is 18.3 Å². The molecule has 0 amide bonds. The predicted molar refractivity (Wildman–Crippen MR) is 69.9 cm³/mol. The molecule has 1 aromatic heterocycles. The third-order valence-electron chi connectivity index (χ3n) is 3.13. The summed E-state index contributed by atoms with van der Waals surface area (Å²) in [5.74, 6) is 0.441. The maximum atomic E-state index is 10.1. The number of hydrogen-bond acceptors (Lipinski definition) is 5. The molecule has 1 rings (SSSR count). The topological polar surface area (TPSA) is 71.8 Å². The highest BCUT2D eigenvalue weighted by Gasteiger charge is 2.40. The van der Waals surface area contributed by atoms with Crippen molar-refractivity contribution in [3.8, 4) is 5.75 Å². The molecular formula is C12H20BNO4. The van der Waals surface area contributed by atoms with Gasteiger partial charge in [-0.15, -0.1) is 0 Å². The standard InChI is InChI=1S/C12H20BNO4/c1-11(2,15)12(3,4)18-13(16)10-9(17-5)7-6-8-14-10/h6-8,15-16H,1-5H3. The van der Waals surface area contributed by atoms with Gasteiger partial charge >= 0.3 is 7.12 Å². The highest BCUT2D eigenvalue weighted by molar-refractivity contribution is 6.60. The zero-order valence-corrected chi connectivity index (χ0v) is 11.5. The number of nitrogens with zero attached hydrogens (tertiary/aromatic N) is 1. The van der Waals surface area contributed by atoms with E-state index in [0.29, 0.717) is 5.75 Å². The average Bonchev–Trinajstić information content (AvgIpc) is 2.26. The van der Waals surface area contributed by atoms with E-state index in [1.54, 1.807) is 46.0 Å².